The Morgan fingerprint density at radius 1 is 0.857 bits per heavy atom. The van der Waals surface area contributed by atoms with E-state index >= 15 is 0 Å². The third-order valence-electron chi connectivity index (χ3n) is 1.33. The van der Waals surface area contributed by atoms with Crippen LogP contribution in [0.1, 0.15) is 27.1 Å². The first-order chi connectivity index (χ1) is 3.50. The molecular weight excluding hydrogens is 88.1 g/mol. The van der Waals surface area contributed by atoms with Crippen molar-refractivity contribution in [2.24, 2.45) is 0 Å². The van der Waals surface area contributed by atoms with E-state index in [0.717, 1.165) is 13.2 Å². The molecule has 0 amide bonds. The van der Waals surface area contributed by atoms with E-state index in [-0.39, 0.29) is 1.43 Å². The van der Waals surface area contributed by atoms with Gasteiger partial charge in [-0.3, -0.25) is 0 Å². The van der Waals surface area contributed by atoms with Crippen LogP contribution in [0.4, 0.5) is 0 Å². The Kier molecular flexibility index (Phi) is 2.21. The van der Waals surface area contributed by atoms with E-state index in [1.165, 1.54) is 25.7 Å². The summed E-state index contributed by atoms with van der Waals surface area (Å²) in [5, 5.41) is 0. The molecule has 1 aliphatic rings. The second-order valence-electron chi connectivity index (χ2n) is 2.03. The van der Waals surface area contributed by atoms with Crippen molar-refractivity contribution < 1.29 is 6.16 Å². The molecule has 0 radical (unpaired) electrons. The van der Waals surface area contributed by atoms with Crippen LogP contribution in [0.15, 0.2) is 0 Å². The van der Waals surface area contributed by atoms with Crippen LogP contribution in [0.3, 0.4) is 0 Å². The van der Waals surface area contributed by atoms with E-state index in [4.69, 9.17) is 4.74 Å². The molecule has 0 aliphatic carbocycles. The largest absolute Gasteiger partial charge is 0.381 e. The maximum Gasteiger partial charge on any atom is 0.0466 e. The molecule has 1 aliphatic heterocycles. The molecule has 0 bridgehead atoms. The molecule has 0 atom stereocenters. The third kappa shape index (κ3) is 1.93. The summed E-state index contributed by atoms with van der Waals surface area (Å²) in [6, 6.07) is 0. The smallest absolute Gasteiger partial charge is 0.0466 e. The molecule has 1 rings (SSSR count). The van der Waals surface area contributed by atoms with Gasteiger partial charge in [-0.15, -0.1) is 0 Å². The Morgan fingerprint density at radius 3 is 2.00 bits per heavy atom. The van der Waals surface area contributed by atoms with E-state index in [1.54, 1.807) is 0 Å². The van der Waals surface area contributed by atoms with Gasteiger partial charge >= 0.3 is 0 Å². The van der Waals surface area contributed by atoms with Gasteiger partial charge in [0.05, 0.1) is 0 Å². The average Bonchev–Trinajstić information content (AvgIpc) is 1.90. The van der Waals surface area contributed by atoms with Gasteiger partial charge in [0, 0.05) is 14.6 Å². The zero-order valence-electron chi connectivity index (χ0n) is 4.65. The Balaban J connectivity index is 0.000000490. The predicted octanol–water partition coefficient (Wildman–Crippen LogP) is 1.82. The highest BCUT2D eigenvalue weighted by molar-refractivity contribution is 4.46. The molecule has 0 N–H and O–H groups in total. The number of rotatable bonds is 0. The van der Waals surface area contributed by atoms with Crippen molar-refractivity contribution in [3.8, 4) is 0 Å². The van der Waals surface area contributed by atoms with Gasteiger partial charge in [-0.05, 0) is 12.8 Å². The lowest BCUT2D eigenvalue weighted by Crippen LogP contribution is -1.89. The molecule has 7 heavy (non-hydrogen) atoms. The van der Waals surface area contributed by atoms with Crippen molar-refractivity contribution in [3.63, 3.8) is 0 Å². The van der Waals surface area contributed by atoms with Crippen molar-refractivity contribution in [2.75, 3.05) is 13.2 Å². The van der Waals surface area contributed by atoms with Crippen LogP contribution in [0.2, 0.25) is 0 Å². The molecule has 1 fully saturated rings. The van der Waals surface area contributed by atoms with Gasteiger partial charge in [0.2, 0.25) is 0 Å². The van der Waals surface area contributed by atoms with Crippen LogP contribution in [0.5, 0.6) is 0 Å². The lowest BCUT2D eigenvalue weighted by atomic mass is 10.2. The molecule has 1 nitrogen and oxygen atoms in total. The summed E-state index contributed by atoms with van der Waals surface area (Å²) in [5.74, 6) is 0. The lowest BCUT2D eigenvalue weighted by molar-refractivity contribution is 0.144. The summed E-state index contributed by atoms with van der Waals surface area (Å²) in [6.45, 7) is 2.00. The first-order valence-corrected chi connectivity index (χ1v) is 3.08. The van der Waals surface area contributed by atoms with Crippen molar-refractivity contribution >= 4 is 0 Å². The third-order valence-corrected chi connectivity index (χ3v) is 1.33. The summed E-state index contributed by atoms with van der Waals surface area (Å²) in [6.07, 6.45) is 5.31. The lowest BCUT2D eigenvalue weighted by Gasteiger charge is -1.91. The van der Waals surface area contributed by atoms with Gasteiger partial charge in [-0.2, -0.15) is 0 Å². The molecule has 1 heteroatoms. The fourth-order valence-corrected chi connectivity index (χ4v) is 0.864. The highest BCUT2D eigenvalue weighted by Gasteiger charge is 1.95. The monoisotopic (exact) mass is 102 g/mol. The molecule has 0 spiro atoms. The van der Waals surface area contributed by atoms with E-state index in [9.17, 15) is 0 Å². The van der Waals surface area contributed by atoms with Crippen LogP contribution in [-0.4, -0.2) is 13.2 Å². The summed E-state index contributed by atoms with van der Waals surface area (Å²) in [5.41, 5.74) is 0. The van der Waals surface area contributed by atoms with Gasteiger partial charge in [0.1, 0.15) is 0 Å². The summed E-state index contributed by atoms with van der Waals surface area (Å²) < 4.78 is 5.19. The Labute approximate surface area is 46.2 Å². The second-order valence-corrected chi connectivity index (χ2v) is 2.03. The van der Waals surface area contributed by atoms with Crippen LogP contribution in [0.25, 0.3) is 0 Å². The van der Waals surface area contributed by atoms with Crippen LogP contribution < -0.4 is 0 Å². The SMILES string of the molecule is C1CCCOCC1.[HH]. The Hall–Kier alpha value is -0.0400. The molecule has 1 saturated heterocycles. The van der Waals surface area contributed by atoms with Gasteiger partial charge in [-0.25, -0.2) is 0 Å². The van der Waals surface area contributed by atoms with Crippen molar-refractivity contribution in [1.82, 2.24) is 0 Å². The molecule has 1 heterocycles. The van der Waals surface area contributed by atoms with Crippen LogP contribution >= 0.6 is 0 Å². The molecular formula is C6H14O. The van der Waals surface area contributed by atoms with E-state index in [1.807, 2.05) is 0 Å². The second kappa shape index (κ2) is 3.03. The molecule has 0 saturated carbocycles. The predicted molar refractivity (Wildman–Crippen MR) is 31.4 cm³/mol. The number of hydrogen-bond donors (Lipinski definition) is 0. The van der Waals surface area contributed by atoms with Crippen molar-refractivity contribution in [2.45, 2.75) is 25.7 Å². The molecule has 0 aromatic rings. The van der Waals surface area contributed by atoms with Gasteiger partial charge < -0.3 is 4.74 Å². The molecule has 0 aromatic heterocycles. The topological polar surface area (TPSA) is 9.23 Å². The first-order valence-electron chi connectivity index (χ1n) is 3.08. The van der Waals surface area contributed by atoms with Gasteiger partial charge in [-0.1, -0.05) is 12.8 Å². The zero-order chi connectivity index (χ0) is 4.95. The molecule has 44 valence electrons. The maximum atomic E-state index is 5.19. The van der Waals surface area contributed by atoms with E-state index in [2.05, 4.69) is 0 Å². The zero-order valence-corrected chi connectivity index (χ0v) is 4.65. The number of hydrogen-bond acceptors (Lipinski definition) is 1. The Bertz CT molecular complexity index is 28.1. The van der Waals surface area contributed by atoms with E-state index in [0.29, 0.717) is 0 Å². The quantitative estimate of drug-likeness (QED) is 0.453. The minimum Gasteiger partial charge on any atom is -0.381 e. The Morgan fingerprint density at radius 2 is 1.43 bits per heavy atom. The highest BCUT2D eigenvalue weighted by atomic mass is 16.5. The highest BCUT2D eigenvalue weighted by Crippen LogP contribution is 2.04. The summed E-state index contributed by atoms with van der Waals surface area (Å²) in [4.78, 5) is 0. The fraction of sp³-hybridized carbons (Fsp3) is 1.00. The average molecular weight is 102 g/mol. The molecule has 0 unspecified atom stereocenters. The van der Waals surface area contributed by atoms with Gasteiger partial charge in [0.25, 0.3) is 0 Å². The maximum absolute atomic E-state index is 5.19. The fourth-order valence-electron chi connectivity index (χ4n) is 0.864. The van der Waals surface area contributed by atoms with Crippen molar-refractivity contribution in [1.29, 1.82) is 0 Å². The van der Waals surface area contributed by atoms with Crippen molar-refractivity contribution in [3.05, 3.63) is 0 Å². The number of ether oxygens (including phenoxy) is 1. The first kappa shape index (κ1) is 5.10. The van der Waals surface area contributed by atoms with E-state index < -0.39 is 0 Å². The summed E-state index contributed by atoms with van der Waals surface area (Å²) in [7, 11) is 0. The normalized spacial score (nSPS) is 24.0. The molecule has 0 aromatic carbocycles. The summed E-state index contributed by atoms with van der Waals surface area (Å²) >= 11 is 0. The van der Waals surface area contributed by atoms with Crippen LogP contribution in [-0.2, 0) is 4.74 Å². The standard InChI is InChI=1S/C6H12O.H2/c1-2-4-6-7-5-3-1;/h1-6H2;1H. The van der Waals surface area contributed by atoms with Gasteiger partial charge in [0.15, 0.2) is 0 Å². The minimum absolute atomic E-state index is 0. The minimum atomic E-state index is 0. The van der Waals surface area contributed by atoms with Crippen LogP contribution in [0, 0.1) is 0 Å².